The van der Waals surface area contributed by atoms with Crippen molar-refractivity contribution in [3.05, 3.63) is 42.7 Å². The van der Waals surface area contributed by atoms with Gasteiger partial charge in [-0.25, -0.2) is 9.97 Å². The molecule has 2 heterocycles. The number of hydrogen-bond acceptors (Lipinski definition) is 5. The van der Waals surface area contributed by atoms with E-state index in [1.165, 1.54) is 0 Å². The van der Waals surface area contributed by atoms with Gasteiger partial charge in [-0.1, -0.05) is 6.07 Å². The molecule has 0 amide bonds. The van der Waals surface area contributed by atoms with Crippen LogP contribution < -0.4 is 9.47 Å². The molecule has 1 aromatic heterocycles. The Morgan fingerprint density at radius 2 is 1.94 bits per heavy atom. The van der Waals surface area contributed by atoms with Gasteiger partial charge < -0.3 is 14.2 Å². The fourth-order valence-electron chi connectivity index (χ4n) is 1.42. The van der Waals surface area contributed by atoms with Gasteiger partial charge in [0.25, 0.3) is 0 Å². The number of rotatable bonds is 5. The third kappa shape index (κ3) is 2.95. The van der Waals surface area contributed by atoms with Crippen LogP contribution in [0.15, 0.2) is 42.7 Å². The smallest absolute Gasteiger partial charge is 0.321 e. The first-order valence-electron chi connectivity index (χ1n) is 5.69. The molecule has 1 aliphatic heterocycles. The molecule has 2 aromatic rings. The van der Waals surface area contributed by atoms with Gasteiger partial charge in [0, 0.05) is 18.5 Å². The summed E-state index contributed by atoms with van der Waals surface area (Å²) in [5.41, 5.74) is 0. The van der Waals surface area contributed by atoms with Crippen LogP contribution in [0.2, 0.25) is 0 Å². The number of aromatic nitrogens is 2. The first-order valence-corrected chi connectivity index (χ1v) is 5.69. The average Bonchev–Trinajstić information content (AvgIpc) is 3.22. The maximum Gasteiger partial charge on any atom is 0.321 e. The largest absolute Gasteiger partial charge is 0.491 e. The minimum absolute atomic E-state index is 0.243. The lowest BCUT2D eigenvalue weighted by molar-refractivity contribution is 0.262. The number of epoxide rings is 1. The molecule has 1 aliphatic rings. The molecule has 92 valence electrons. The van der Waals surface area contributed by atoms with Gasteiger partial charge >= 0.3 is 6.01 Å². The highest BCUT2D eigenvalue weighted by molar-refractivity contribution is 5.34. The van der Waals surface area contributed by atoms with E-state index in [4.69, 9.17) is 14.2 Å². The van der Waals surface area contributed by atoms with E-state index in [9.17, 15) is 0 Å². The van der Waals surface area contributed by atoms with E-state index in [2.05, 4.69) is 9.97 Å². The summed E-state index contributed by atoms with van der Waals surface area (Å²) in [6.07, 6.45) is 3.51. The van der Waals surface area contributed by atoms with Gasteiger partial charge in [0.2, 0.25) is 0 Å². The van der Waals surface area contributed by atoms with Crippen molar-refractivity contribution >= 4 is 0 Å². The summed E-state index contributed by atoms with van der Waals surface area (Å²) >= 11 is 0. The second-order valence-corrected chi connectivity index (χ2v) is 3.87. The van der Waals surface area contributed by atoms with Crippen molar-refractivity contribution in [3.8, 4) is 17.5 Å². The SMILES string of the molecule is c1cnc(Oc2cccc(OCC3CO3)c2)nc1. The van der Waals surface area contributed by atoms with Crippen LogP contribution in [0, 0.1) is 0 Å². The first-order chi connectivity index (χ1) is 8.90. The van der Waals surface area contributed by atoms with Crippen LogP contribution in [-0.4, -0.2) is 29.3 Å². The maximum absolute atomic E-state index is 5.56. The molecule has 0 aliphatic carbocycles. The standard InChI is InChI=1S/C13H12N2O3/c1-3-10(16-8-12-9-17-12)7-11(4-1)18-13-14-5-2-6-15-13/h1-7,12H,8-9H2. The zero-order valence-corrected chi connectivity index (χ0v) is 9.65. The van der Waals surface area contributed by atoms with Crippen molar-refractivity contribution in [2.45, 2.75) is 6.10 Å². The predicted molar refractivity (Wildman–Crippen MR) is 63.8 cm³/mol. The minimum Gasteiger partial charge on any atom is -0.491 e. The Kier molecular flexibility index (Phi) is 3.06. The Labute approximate surface area is 104 Å². The van der Waals surface area contributed by atoms with E-state index in [1.807, 2.05) is 18.2 Å². The molecule has 1 fully saturated rings. The Morgan fingerprint density at radius 1 is 1.17 bits per heavy atom. The van der Waals surface area contributed by atoms with E-state index in [0.29, 0.717) is 18.4 Å². The zero-order valence-electron chi connectivity index (χ0n) is 9.65. The molecule has 0 saturated carbocycles. The number of benzene rings is 1. The molecule has 18 heavy (non-hydrogen) atoms. The molecule has 5 heteroatoms. The van der Waals surface area contributed by atoms with Crippen molar-refractivity contribution in [1.29, 1.82) is 0 Å². The average molecular weight is 244 g/mol. The molecule has 0 N–H and O–H groups in total. The third-order valence-corrected chi connectivity index (χ3v) is 2.39. The summed E-state index contributed by atoms with van der Waals surface area (Å²) in [4.78, 5) is 7.99. The highest BCUT2D eigenvalue weighted by Gasteiger charge is 2.23. The van der Waals surface area contributed by atoms with Gasteiger partial charge in [-0.05, 0) is 18.2 Å². The molecular weight excluding hydrogens is 232 g/mol. The fourth-order valence-corrected chi connectivity index (χ4v) is 1.42. The lowest BCUT2D eigenvalue weighted by atomic mass is 10.3. The first kappa shape index (κ1) is 11.0. The minimum atomic E-state index is 0.243. The van der Waals surface area contributed by atoms with Crippen LogP contribution in [0.5, 0.6) is 17.5 Å². The van der Waals surface area contributed by atoms with Gasteiger partial charge in [-0.2, -0.15) is 0 Å². The molecule has 0 bridgehead atoms. The lowest BCUT2D eigenvalue weighted by Gasteiger charge is -2.07. The van der Waals surface area contributed by atoms with Crippen molar-refractivity contribution < 1.29 is 14.2 Å². The molecule has 1 saturated heterocycles. The monoisotopic (exact) mass is 244 g/mol. The quantitative estimate of drug-likeness (QED) is 0.753. The van der Waals surface area contributed by atoms with E-state index in [-0.39, 0.29) is 6.10 Å². The van der Waals surface area contributed by atoms with Gasteiger partial charge in [0.15, 0.2) is 0 Å². The van der Waals surface area contributed by atoms with Crippen LogP contribution in [0.25, 0.3) is 0 Å². The van der Waals surface area contributed by atoms with E-state index in [1.54, 1.807) is 24.5 Å². The third-order valence-electron chi connectivity index (χ3n) is 2.39. The number of hydrogen-bond donors (Lipinski definition) is 0. The normalized spacial score (nSPS) is 17.2. The maximum atomic E-state index is 5.56. The summed E-state index contributed by atoms with van der Waals surface area (Å²) in [7, 11) is 0. The van der Waals surface area contributed by atoms with Crippen LogP contribution in [0.3, 0.4) is 0 Å². The number of ether oxygens (including phenoxy) is 3. The second-order valence-electron chi connectivity index (χ2n) is 3.87. The van der Waals surface area contributed by atoms with Crippen LogP contribution >= 0.6 is 0 Å². The van der Waals surface area contributed by atoms with Gasteiger partial charge in [0.05, 0.1) is 6.61 Å². The number of nitrogens with zero attached hydrogens (tertiary/aromatic N) is 2. The van der Waals surface area contributed by atoms with Crippen LogP contribution in [0.4, 0.5) is 0 Å². The molecular formula is C13H12N2O3. The van der Waals surface area contributed by atoms with Crippen LogP contribution in [0.1, 0.15) is 0 Å². The Morgan fingerprint density at radius 3 is 2.72 bits per heavy atom. The summed E-state index contributed by atoms with van der Waals surface area (Å²) < 4.78 is 16.2. The van der Waals surface area contributed by atoms with Crippen molar-refractivity contribution in [2.75, 3.05) is 13.2 Å². The summed E-state index contributed by atoms with van der Waals surface area (Å²) in [6, 6.07) is 9.43. The predicted octanol–water partition coefficient (Wildman–Crippen LogP) is 2.05. The Hall–Kier alpha value is -2.14. The Bertz CT molecular complexity index is 515. The van der Waals surface area contributed by atoms with Gasteiger partial charge in [-0.15, -0.1) is 0 Å². The lowest BCUT2D eigenvalue weighted by Crippen LogP contribution is -2.03. The van der Waals surface area contributed by atoms with Crippen molar-refractivity contribution in [3.63, 3.8) is 0 Å². The van der Waals surface area contributed by atoms with Crippen LogP contribution in [-0.2, 0) is 4.74 Å². The fraction of sp³-hybridized carbons (Fsp3) is 0.231. The Balaban J connectivity index is 1.66. The molecule has 1 unspecified atom stereocenters. The molecule has 3 rings (SSSR count). The van der Waals surface area contributed by atoms with E-state index < -0.39 is 0 Å². The molecule has 1 atom stereocenters. The highest BCUT2D eigenvalue weighted by Crippen LogP contribution is 2.23. The topological polar surface area (TPSA) is 56.8 Å². The summed E-state index contributed by atoms with van der Waals surface area (Å²) in [5, 5.41) is 0. The molecule has 5 nitrogen and oxygen atoms in total. The zero-order chi connectivity index (χ0) is 12.2. The summed E-state index contributed by atoms with van der Waals surface area (Å²) in [5.74, 6) is 1.40. The highest BCUT2D eigenvalue weighted by atomic mass is 16.6. The van der Waals surface area contributed by atoms with Gasteiger partial charge in [0.1, 0.15) is 24.2 Å². The second kappa shape index (κ2) is 5.01. The molecule has 1 aromatic carbocycles. The molecule has 0 radical (unpaired) electrons. The van der Waals surface area contributed by atoms with Crippen molar-refractivity contribution in [2.24, 2.45) is 0 Å². The van der Waals surface area contributed by atoms with E-state index >= 15 is 0 Å². The summed E-state index contributed by atoms with van der Waals surface area (Å²) in [6.45, 7) is 1.36. The molecule has 0 spiro atoms. The van der Waals surface area contributed by atoms with Crippen molar-refractivity contribution in [1.82, 2.24) is 9.97 Å². The van der Waals surface area contributed by atoms with E-state index in [0.717, 1.165) is 12.4 Å². The van der Waals surface area contributed by atoms with Gasteiger partial charge in [-0.3, -0.25) is 0 Å².